The number of esters is 1. The van der Waals surface area contributed by atoms with E-state index in [1.54, 1.807) is 75.1 Å². The van der Waals surface area contributed by atoms with Gasteiger partial charge in [-0.05, 0) is 132 Å². The van der Waals surface area contributed by atoms with E-state index in [1.165, 1.54) is 25.8 Å². The smallest absolute Gasteiger partial charge is 0.407 e. The van der Waals surface area contributed by atoms with Crippen LogP contribution >= 0.6 is 0 Å². The third-order valence-electron chi connectivity index (χ3n) is 25.3. The van der Waals surface area contributed by atoms with Crippen LogP contribution in [0.5, 0.6) is 0 Å². The van der Waals surface area contributed by atoms with Crippen LogP contribution < -0.4 is 43.0 Å². The predicted octanol–water partition coefficient (Wildman–Crippen LogP) is 6.33. The number of ether oxygens (including phenoxy) is 10. The van der Waals surface area contributed by atoms with E-state index in [1.807, 2.05) is 61.3 Å². The minimum Gasteiger partial charge on any atom is -0.459 e. The molecule has 4 amide bonds. The summed E-state index contributed by atoms with van der Waals surface area (Å²) in [5.74, 6) is -6.90. The molecular weight excluding hydrogens is 1760 g/mol. The zero-order valence-corrected chi connectivity index (χ0v) is 78.8. The number of hydrogen-bond donors (Lipinski definition) is 8. The highest BCUT2D eigenvalue weighted by molar-refractivity contribution is 6.39. The number of ketones is 3. The van der Waals surface area contributed by atoms with E-state index in [2.05, 4.69) is 66.1 Å². The van der Waals surface area contributed by atoms with Crippen molar-refractivity contribution < 1.29 is 100 Å². The Bertz CT molecular complexity index is 5260. The first-order valence-corrected chi connectivity index (χ1v) is 46.9. The third-order valence-corrected chi connectivity index (χ3v) is 25.3. The zero-order valence-electron chi connectivity index (χ0n) is 78.8. The van der Waals surface area contributed by atoms with Crippen LogP contribution in [0.3, 0.4) is 0 Å². The zero-order chi connectivity index (χ0) is 96.8. The van der Waals surface area contributed by atoms with Crippen molar-refractivity contribution in [2.24, 2.45) is 29.4 Å². The van der Waals surface area contributed by atoms with Crippen LogP contribution in [-0.4, -0.2) is 296 Å². The fraction of sp³-hybridized carbons (Fsp3) is 0.596. The van der Waals surface area contributed by atoms with Gasteiger partial charge in [0.1, 0.15) is 65.8 Å². The van der Waals surface area contributed by atoms with Gasteiger partial charge in [0.2, 0.25) is 23.6 Å². The first-order chi connectivity index (χ1) is 65.7. The summed E-state index contributed by atoms with van der Waals surface area (Å²) in [6.07, 6.45) is 20.2. The Morgan fingerprint density at radius 1 is 0.735 bits per heavy atom. The number of carbonyl (C=O) groups excluding carboxylic acids is 8. The largest absolute Gasteiger partial charge is 0.459 e. The molecule has 738 valence electrons. The summed E-state index contributed by atoms with van der Waals surface area (Å²) in [5, 5.41) is 46.1. The van der Waals surface area contributed by atoms with Gasteiger partial charge in [0.15, 0.2) is 17.0 Å². The molecular formula is C94H131N21O21. The van der Waals surface area contributed by atoms with Crippen molar-refractivity contribution in [2.75, 3.05) is 141 Å². The number of piperazine rings is 1. The molecule has 4 fully saturated rings. The maximum atomic E-state index is 14.7. The summed E-state index contributed by atoms with van der Waals surface area (Å²) >= 11 is 0. The number of nitrogen functional groups attached to an aromatic ring is 2. The highest BCUT2D eigenvalue weighted by Gasteiger charge is 2.50. The number of Topliss-reactive ketones (excluding diaryl/α,β-unsaturated/α-hetero) is 3. The van der Waals surface area contributed by atoms with Crippen molar-refractivity contribution in [1.82, 2.24) is 80.5 Å². The lowest BCUT2D eigenvalue weighted by Gasteiger charge is -2.40. The first-order valence-electron chi connectivity index (χ1n) is 46.9. The lowest BCUT2D eigenvalue weighted by molar-refractivity contribution is -0.245. The summed E-state index contributed by atoms with van der Waals surface area (Å²) in [7, 11) is 4.50. The van der Waals surface area contributed by atoms with E-state index in [9.17, 15) is 48.6 Å². The molecule has 0 radical (unpaired) electrons. The first kappa shape index (κ1) is 103. The minimum atomic E-state index is -2.47. The standard InChI is InChI=1S/C94H131N21O21/c1-58-17-10-9-11-18-59(2)75(126-6)48-68-19-16-26-94(125,136-68)84(120)88(122)113-29-14-12-20-72(113)89(123)134-76(49-73(116)60(3)44-62(5)82(119)83(128-8)81(118)61(4)43-58)69(95)45-63-21-23-71(77(46-63)127-7)115-55-67(108-110-115)56-133-93(124)99-28-36-130-38-40-132-42-41-131-39-37-129-35-25-78(117)100-50-64-51-101-91(102-52-64)111-31-33-112(34-32-111)92-103-53-66(54-104-92)87(121)98-27-13-15-30-114-86-79(85(96)105-57-106-86)80(109-114)65-22-24-74-70(47-65)107-90(97)135-74/h9-11,17-18,22,24,44,47,51-55,57-58,60-61,63,68-69,71-72,75-77,82-83,119,125H,12-16,19-21,23,25-43,45-46,48-50,56,95H2,1-8H3,(H2,97,107)(H,98,121)(H,99,124)(H,100,117)(H2,96,105,106)/b11-9+,17-10+,59-18+,62-44+/t58-,60-,61-,63+,68+,69-,71+,72+,75+,76+,77-,82-,83+,94-/m1/s1. The van der Waals surface area contributed by atoms with Gasteiger partial charge in [-0.25, -0.2) is 48.9 Å². The van der Waals surface area contributed by atoms with Gasteiger partial charge in [0, 0.05) is 160 Å². The van der Waals surface area contributed by atoms with Crippen LogP contribution in [-0.2, 0) is 95.8 Å². The minimum absolute atomic E-state index is 0.0126. The van der Waals surface area contributed by atoms with Gasteiger partial charge in [0.25, 0.3) is 23.6 Å². The number of allylic oxidation sites excluding steroid dienone is 6. The number of aryl methyl sites for hydroxylation is 1. The molecule has 1 aromatic carbocycles. The molecule has 42 nitrogen and oxygen atoms in total. The Kier molecular flexibility index (Phi) is 38.8. The SMILES string of the molecule is CO[C@H]1C[C@@H]2CCC[C@@](O)(O2)C(=O)C(=O)N2CCCC[C@H]2C(=O)O[C@H]([C@H](N)C[C@@H]2CC[C@H](n3cc(COC(=O)NCCOCCOCCOCCOCCC(=O)NCc4cnc(N5CCN(c6ncc(C(=O)NCCCCn7nc(-c8ccc9oc(N)nc9c8)c8c(N)ncnc87)cn6)CC5)nc4)nn3)[C@H](OC)C2)CC(=O)[C@H](C)/C=C(\C)[C@@H](O)[C@@H](OC)C(=O)[C@H](C)C[C@H](C)/C=C/C=C/C=C/1C. The van der Waals surface area contributed by atoms with Crippen molar-refractivity contribution in [1.29, 1.82) is 0 Å². The summed E-state index contributed by atoms with van der Waals surface area (Å²) in [6.45, 7) is 14.8. The maximum absolute atomic E-state index is 14.7. The molecule has 6 aromatic heterocycles. The number of alkyl carbamates (subject to hydrolysis) is 1. The molecule has 1 saturated carbocycles. The molecule has 7 aromatic rings. The normalized spacial score (nSPS) is 25.5. The number of carbonyl (C=O) groups is 8. The third kappa shape index (κ3) is 28.8. The Morgan fingerprint density at radius 3 is 2.16 bits per heavy atom. The number of fused-ring (bicyclic) bond motifs is 5. The van der Waals surface area contributed by atoms with E-state index in [4.69, 9.17) is 74.1 Å². The molecule has 11 N–H and O–H groups in total. The second kappa shape index (κ2) is 51.0. The average Bonchev–Trinajstić information content (AvgIpc) is 1.56. The number of aliphatic hydroxyl groups excluding tert-OH is 1. The fourth-order valence-corrected chi connectivity index (χ4v) is 17.7. The summed E-state index contributed by atoms with van der Waals surface area (Å²) < 4.78 is 66.7. The summed E-state index contributed by atoms with van der Waals surface area (Å²) in [5.41, 5.74) is 24.9. The highest BCUT2D eigenvalue weighted by atomic mass is 16.6. The Labute approximate surface area is 789 Å². The van der Waals surface area contributed by atoms with Gasteiger partial charge >= 0.3 is 12.1 Å². The Balaban J connectivity index is 0.496. The number of piperidine rings is 1. The van der Waals surface area contributed by atoms with Gasteiger partial charge in [-0.15, -0.1) is 5.10 Å². The average molecular weight is 1890 g/mol. The van der Waals surface area contributed by atoms with E-state index in [0.29, 0.717) is 199 Å². The molecule has 5 aliphatic rings. The number of nitrogens with one attached hydrogen (secondary N) is 3. The lowest BCUT2D eigenvalue weighted by Crippen LogP contribution is -2.58. The van der Waals surface area contributed by atoms with Crippen molar-refractivity contribution in [3.63, 3.8) is 0 Å². The number of benzene rings is 1. The van der Waals surface area contributed by atoms with Crippen LogP contribution in [0.1, 0.15) is 165 Å². The van der Waals surface area contributed by atoms with Crippen LogP contribution in [0.25, 0.3) is 33.4 Å². The van der Waals surface area contributed by atoms with E-state index < -0.39 is 95.9 Å². The number of amides is 4. The predicted molar refractivity (Wildman–Crippen MR) is 498 cm³/mol. The van der Waals surface area contributed by atoms with Crippen LogP contribution in [0.4, 0.5) is 28.5 Å². The number of cyclic esters (lactones) is 1. The number of hydrogen-bond acceptors (Lipinski definition) is 36. The second-order valence-electron chi connectivity index (χ2n) is 35.3. The molecule has 136 heavy (non-hydrogen) atoms. The number of unbranched alkanes of at least 4 members (excludes halogenated alkanes) is 1. The van der Waals surface area contributed by atoms with Crippen molar-refractivity contribution in [3.8, 4) is 11.3 Å². The van der Waals surface area contributed by atoms with E-state index in [-0.39, 0.29) is 126 Å². The molecule has 4 aliphatic heterocycles. The molecule has 2 bridgehead atoms. The van der Waals surface area contributed by atoms with E-state index in [0.717, 1.165) is 21.6 Å². The Hall–Kier alpha value is -11.6. The topological polar surface area (TPSA) is 545 Å². The molecule has 14 atom stereocenters. The number of anilines is 4. The van der Waals surface area contributed by atoms with Crippen molar-refractivity contribution in [3.05, 3.63) is 120 Å². The highest BCUT2D eigenvalue weighted by Crippen LogP contribution is 2.39. The number of methoxy groups -OCH3 is 3. The Morgan fingerprint density at radius 2 is 1.45 bits per heavy atom. The lowest BCUT2D eigenvalue weighted by atomic mass is 9.79. The van der Waals surface area contributed by atoms with Crippen LogP contribution in [0.15, 0.2) is 108 Å². The van der Waals surface area contributed by atoms with Gasteiger partial charge in [-0.3, -0.25) is 28.8 Å². The fourth-order valence-electron chi connectivity index (χ4n) is 17.7. The number of nitrogens with two attached hydrogens (primary N) is 3. The number of rotatable bonds is 35. The quantitative estimate of drug-likeness (QED) is 0.00931. The van der Waals surface area contributed by atoms with Gasteiger partial charge in [-0.1, -0.05) is 62.4 Å². The molecule has 1 aliphatic carbocycles. The monoisotopic (exact) mass is 1890 g/mol. The summed E-state index contributed by atoms with van der Waals surface area (Å²) in [4.78, 5) is 147. The number of aromatic nitrogens is 12. The van der Waals surface area contributed by atoms with Crippen LogP contribution in [0, 0.1) is 23.7 Å². The molecule has 0 unspecified atom stereocenters. The molecule has 10 heterocycles. The summed E-state index contributed by atoms with van der Waals surface area (Å²) in [6, 6.07) is 3.07. The second-order valence-corrected chi connectivity index (χ2v) is 35.3. The maximum Gasteiger partial charge on any atom is 0.407 e. The molecule has 0 spiro atoms. The molecule has 3 saturated heterocycles. The number of aliphatic hydroxyl groups is 2. The van der Waals surface area contributed by atoms with Crippen molar-refractivity contribution in [2.45, 2.75) is 218 Å². The number of nitrogens with zero attached hydrogens (tertiary/aromatic N) is 15. The van der Waals surface area contributed by atoms with Gasteiger partial charge in [0.05, 0.1) is 94.4 Å². The van der Waals surface area contributed by atoms with E-state index >= 15 is 0 Å². The van der Waals surface area contributed by atoms with Crippen molar-refractivity contribution >= 4 is 93.0 Å². The van der Waals surface area contributed by atoms with Gasteiger partial charge < -0.3 is 110 Å². The molecule has 12 rings (SSSR count). The number of oxazole rings is 1. The van der Waals surface area contributed by atoms with Gasteiger partial charge in [-0.2, -0.15) is 10.1 Å². The molecule has 42 heteroatoms. The van der Waals surface area contributed by atoms with Crippen LogP contribution in [0.2, 0.25) is 0 Å².